The predicted octanol–water partition coefficient (Wildman–Crippen LogP) is 2.63. The van der Waals surface area contributed by atoms with Crippen LogP contribution < -0.4 is 0 Å². The van der Waals surface area contributed by atoms with E-state index in [1.165, 1.54) is 5.56 Å². The first-order valence-electron chi connectivity index (χ1n) is 7.13. The minimum absolute atomic E-state index is 0.155. The summed E-state index contributed by atoms with van der Waals surface area (Å²) < 4.78 is 0. The van der Waals surface area contributed by atoms with Gasteiger partial charge in [-0.15, -0.1) is 0 Å². The van der Waals surface area contributed by atoms with Gasteiger partial charge in [-0.05, 0) is 31.0 Å². The molecule has 0 bridgehead atoms. The zero-order chi connectivity index (χ0) is 14.3. The molecule has 5 heteroatoms. The smallest absolute Gasteiger partial charge is 0.0682 e. The Kier molecular flexibility index (Phi) is 4.25. The maximum absolute atomic E-state index is 9.80. The summed E-state index contributed by atoms with van der Waals surface area (Å²) in [6, 6.07) is 6.83. The summed E-state index contributed by atoms with van der Waals surface area (Å²) in [7, 11) is 0. The van der Waals surface area contributed by atoms with E-state index in [9.17, 15) is 5.11 Å². The standard InChI is InChI=1S/C15H20Cl2N2O/c1-10-6-19-9-13(20)5-12(19)8-18(10)7-11-2-3-14(16)15(17)4-11/h2-4,10,12-13,20H,5-9H2,1H3/t10-,12?,13-/m1/s1. The summed E-state index contributed by atoms with van der Waals surface area (Å²) >= 11 is 12.0. The van der Waals surface area contributed by atoms with E-state index in [-0.39, 0.29) is 6.10 Å². The van der Waals surface area contributed by atoms with Crippen LogP contribution in [0.2, 0.25) is 10.0 Å². The maximum atomic E-state index is 9.80. The van der Waals surface area contributed by atoms with Gasteiger partial charge in [-0.2, -0.15) is 0 Å². The van der Waals surface area contributed by atoms with E-state index in [0.717, 1.165) is 32.6 Å². The van der Waals surface area contributed by atoms with Crippen molar-refractivity contribution in [1.29, 1.82) is 0 Å². The largest absolute Gasteiger partial charge is 0.392 e. The normalized spacial score (nSPS) is 31.5. The van der Waals surface area contributed by atoms with Crippen LogP contribution in [0.1, 0.15) is 18.9 Å². The zero-order valence-corrected chi connectivity index (χ0v) is 13.1. The molecule has 2 fully saturated rings. The Morgan fingerprint density at radius 1 is 1.20 bits per heavy atom. The van der Waals surface area contributed by atoms with Crippen LogP contribution >= 0.6 is 23.2 Å². The van der Waals surface area contributed by atoms with Gasteiger partial charge >= 0.3 is 0 Å². The van der Waals surface area contributed by atoms with E-state index < -0.39 is 0 Å². The first kappa shape index (κ1) is 14.6. The molecule has 3 atom stereocenters. The fourth-order valence-corrected chi connectivity index (χ4v) is 3.69. The second-order valence-electron chi connectivity index (χ2n) is 6.02. The lowest BCUT2D eigenvalue weighted by atomic mass is 10.1. The number of aliphatic hydroxyl groups is 1. The topological polar surface area (TPSA) is 26.7 Å². The monoisotopic (exact) mass is 314 g/mol. The van der Waals surface area contributed by atoms with Crippen molar-refractivity contribution in [2.24, 2.45) is 0 Å². The van der Waals surface area contributed by atoms with Crippen molar-refractivity contribution >= 4 is 23.2 Å². The number of hydrogen-bond acceptors (Lipinski definition) is 3. The van der Waals surface area contributed by atoms with Gasteiger partial charge in [0.15, 0.2) is 0 Å². The van der Waals surface area contributed by atoms with Crippen LogP contribution in [0.3, 0.4) is 0 Å². The molecule has 2 heterocycles. The van der Waals surface area contributed by atoms with Crippen LogP contribution in [-0.4, -0.2) is 52.7 Å². The third-order valence-corrected chi connectivity index (χ3v) is 5.18. The van der Waals surface area contributed by atoms with E-state index in [0.29, 0.717) is 22.1 Å². The minimum atomic E-state index is -0.155. The molecular weight excluding hydrogens is 295 g/mol. The van der Waals surface area contributed by atoms with Gasteiger partial charge in [-0.3, -0.25) is 9.80 Å². The summed E-state index contributed by atoms with van der Waals surface area (Å²) in [5.74, 6) is 0. The summed E-state index contributed by atoms with van der Waals surface area (Å²) in [6.45, 7) is 6.01. The molecule has 0 aromatic heterocycles. The van der Waals surface area contributed by atoms with Gasteiger partial charge < -0.3 is 5.11 Å². The van der Waals surface area contributed by atoms with E-state index >= 15 is 0 Å². The predicted molar refractivity (Wildman–Crippen MR) is 82.3 cm³/mol. The van der Waals surface area contributed by atoms with E-state index in [4.69, 9.17) is 23.2 Å². The summed E-state index contributed by atoms with van der Waals surface area (Å²) in [4.78, 5) is 4.89. The first-order chi connectivity index (χ1) is 9.52. The Bertz CT molecular complexity index is 497. The second kappa shape index (κ2) is 5.82. The number of fused-ring (bicyclic) bond motifs is 1. The molecular formula is C15H20Cl2N2O. The molecule has 0 radical (unpaired) electrons. The number of hydrogen-bond donors (Lipinski definition) is 1. The van der Waals surface area contributed by atoms with Crippen LogP contribution in [0.25, 0.3) is 0 Å². The quantitative estimate of drug-likeness (QED) is 0.909. The third kappa shape index (κ3) is 2.97. The molecule has 0 spiro atoms. The Labute approximate surface area is 130 Å². The van der Waals surface area contributed by atoms with Crippen molar-refractivity contribution in [3.63, 3.8) is 0 Å². The highest BCUT2D eigenvalue weighted by Gasteiger charge is 2.37. The molecule has 1 unspecified atom stereocenters. The third-order valence-electron chi connectivity index (χ3n) is 4.44. The highest BCUT2D eigenvalue weighted by molar-refractivity contribution is 6.42. The molecule has 1 aromatic rings. The fraction of sp³-hybridized carbons (Fsp3) is 0.600. The van der Waals surface area contributed by atoms with Crippen molar-refractivity contribution in [3.05, 3.63) is 33.8 Å². The molecule has 0 saturated carbocycles. The molecule has 2 saturated heterocycles. The molecule has 2 aliphatic heterocycles. The van der Waals surface area contributed by atoms with Crippen LogP contribution in [0.4, 0.5) is 0 Å². The lowest BCUT2D eigenvalue weighted by Crippen LogP contribution is -2.54. The number of rotatable bonds is 2. The average Bonchev–Trinajstić information content (AvgIpc) is 2.73. The van der Waals surface area contributed by atoms with Crippen molar-refractivity contribution in [2.45, 2.75) is 38.1 Å². The average molecular weight is 315 g/mol. The second-order valence-corrected chi connectivity index (χ2v) is 6.84. The molecule has 3 nitrogen and oxygen atoms in total. The van der Waals surface area contributed by atoms with Gasteiger partial charge in [-0.25, -0.2) is 0 Å². The van der Waals surface area contributed by atoms with Crippen LogP contribution in [-0.2, 0) is 6.54 Å². The Morgan fingerprint density at radius 2 is 2.00 bits per heavy atom. The zero-order valence-electron chi connectivity index (χ0n) is 11.6. The highest BCUT2D eigenvalue weighted by Crippen LogP contribution is 2.28. The molecule has 0 amide bonds. The summed E-state index contributed by atoms with van der Waals surface area (Å²) in [6.07, 6.45) is 0.738. The van der Waals surface area contributed by atoms with E-state index in [2.05, 4.69) is 16.7 Å². The minimum Gasteiger partial charge on any atom is -0.392 e. The van der Waals surface area contributed by atoms with Crippen molar-refractivity contribution < 1.29 is 5.11 Å². The Balaban J connectivity index is 1.69. The molecule has 0 aliphatic carbocycles. The summed E-state index contributed by atoms with van der Waals surface area (Å²) in [5, 5.41) is 11.0. The Morgan fingerprint density at radius 3 is 2.75 bits per heavy atom. The lowest BCUT2D eigenvalue weighted by Gasteiger charge is -2.42. The van der Waals surface area contributed by atoms with Crippen molar-refractivity contribution in [3.8, 4) is 0 Å². The molecule has 1 aromatic carbocycles. The van der Waals surface area contributed by atoms with Crippen molar-refractivity contribution in [2.75, 3.05) is 19.6 Å². The van der Waals surface area contributed by atoms with Crippen LogP contribution in [0.15, 0.2) is 18.2 Å². The first-order valence-corrected chi connectivity index (χ1v) is 7.88. The van der Waals surface area contributed by atoms with Gasteiger partial charge in [0, 0.05) is 38.3 Å². The lowest BCUT2D eigenvalue weighted by molar-refractivity contribution is 0.0528. The van der Waals surface area contributed by atoms with Gasteiger partial charge in [0.2, 0.25) is 0 Å². The van der Waals surface area contributed by atoms with Crippen LogP contribution in [0, 0.1) is 0 Å². The van der Waals surface area contributed by atoms with Gasteiger partial charge in [0.05, 0.1) is 16.1 Å². The van der Waals surface area contributed by atoms with Crippen molar-refractivity contribution in [1.82, 2.24) is 9.80 Å². The number of halogens is 2. The fourth-order valence-electron chi connectivity index (χ4n) is 3.37. The molecule has 110 valence electrons. The highest BCUT2D eigenvalue weighted by atomic mass is 35.5. The SMILES string of the molecule is C[C@@H]1CN2C[C@H](O)CC2CN1Cc1ccc(Cl)c(Cl)c1. The summed E-state index contributed by atoms with van der Waals surface area (Å²) in [5.41, 5.74) is 1.19. The number of benzene rings is 1. The maximum Gasteiger partial charge on any atom is 0.0682 e. The number of aliphatic hydroxyl groups excluding tert-OH is 1. The van der Waals surface area contributed by atoms with Gasteiger partial charge in [0.1, 0.15) is 0 Å². The molecule has 1 N–H and O–H groups in total. The number of nitrogens with zero attached hydrogens (tertiary/aromatic N) is 2. The van der Waals surface area contributed by atoms with Gasteiger partial charge in [-0.1, -0.05) is 29.3 Å². The van der Waals surface area contributed by atoms with Crippen LogP contribution in [0.5, 0.6) is 0 Å². The molecule has 20 heavy (non-hydrogen) atoms. The Hall–Kier alpha value is -0.320. The number of piperazine rings is 1. The molecule has 3 rings (SSSR count). The van der Waals surface area contributed by atoms with E-state index in [1.54, 1.807) is 0 Å². The van der Waals surface area contributed by atoms with Gasteiger partial charge in [0.25, 0.3) is 0 Å². The van der Waals surface area contributed by atoms with E-state index in [1.807, 2.05) is 18.2 Å². The molecule has 2 aliphatic rings.